The molecule has 8 heteroatoms. The summed E-state index contributed by atoms with van der Waals surface area (Å²) in [7, 11) is 0. The van der Waals surface area contributed by atoms with Crippen LogP contribution in [0.5, 0.6) is 0 Å². The molecule has 23 heavy (non-hydrogen) atoms. The van der Waals surface area contributed by atoms with E-state index in [2.05, 4.69) is 31.5 Å². The van der Waals surface area contributed by atoms with E-state index in [0.29, 0.717) is 16.5 Å². The van der Waals surface area contributed by atoms with E-state index >= 15 is 0 Å². The van der Waals surface area contributed by atoms with Crippen LogP contribution >= 0.6 is 39.1 Å². The highest BCUT2D eigenvalue weighted by Crippen LogP contribution is 2.29. The summed E-state index contributed by atoms with van der Waals surface area (Å²) in [4.78, 5) is 16.2. The molecule has 0 aliphatic rings. The van der Waals surface area contributed by atoms with Gasteiger partial charge in [-0.2, -0.15) is 5.26 Å². The Morgan fingerprint density at radius 3 is 2.83 bits per heavy atom. The smallest absolute Gasteiger partial charge is 0.267 e. The zero-order chi connectivity index (χ0) is 16.8. The summed E-state index contributed by atoms with van der Waals surface area (Å²) in [5, 5.41) is 15.0. The largest absolute Gasteiger partial charge is 0.345 e. The molecule has 0 aliphatic heterocycles. The van der Waals surface area contributed by atoms with Gasteiger partial charge in [-0.1, -0.05) is 45.2 Å². The van der Waals surface area contributed by atoms with Crippen molar-refractivity contribution in [1.29, 1.82) is 5.26 Å². The highest BCUT2D eigenvalue weighted by atomic mass is 79.9. The van der Waals surface area contributed by atoms with Gasteiger partial charge in [-0.25, -0.2) is 4.98 Å². The fourth-order valence-electron chi connectivity index (χ4n) is 1.57. The summed E-state index contributed by atoms with van der Waals surface area (Å²) < 4.78 is 0.817. The van der Waals surface area contributed by atoms with Crippen LogP contribution in [0.4, 0.5) is 11.5 Å². The number of pyridine rings is 1. The van der Waals surface area contributed by atoms with E-state index in [0.717, 1.165) is 4.47 Å². The predicted octanol–water partition coefficient (Wildman–Crippen LogP) is 4.61. The van der Waals surface area contributed by atoms with Gasteiger partial charge in [0, 0.05) is 16.9 Å². The molecule has 0 bridgehead atoms. The monoisotopic (exact) mass is 410 g/mol. The van der Waals surface area contributed by atoms with Crippen molar-refractivity contribution in [3.05, 3.63) is 62.8 Å². The quantitative estimate of drug-likeness (QED) is 0.568. The summed E-state index contributed by atoms with van der Waals surface area (Å²) >= 11 is 15.2. The fourth-order valence-corrected chi connectivity index (χ4v) is 2.25. The fraction of sp³-hybridized carbons (Fsp3) is 0. The molecule has 0 fully saturated rings. The number of amides is 1. The minimum Gasteiger partial charge on any atom is -0.345 e. The molecular formula is C15H9BrCl2N4O. The highest BCUT2D eigenvalue weighted by Gasteiger charge is 2.12. The van der Waals surface area contributed by atoms with Gasteiger partial charge in [0.2, 0.25) is 0 Å². The summed E-state index contributed by atoms with van der Waals surface area (Å²) in [5.74, 6) is -0.125. The lowest BCUT2D eigenvalue weighted by Gasteiger charge is -2.07. The molecule has 1 amide bonds. The highest BCUT2D eigenvalue weighted by molar-refractivity contribution is 9.10. The molecule has 116 valence electrons. The van der Waals surface area contributed by atoms with Crippen molar-refractivity contribution in [1.82, 2.24) is 4.98 Å². The molecule has 0 unspecified atom stereocenters. The zero-order valence-corrected chi connectivity index (χ0v) is 14.6. The van der Waals surface area contributed by atoms with E-state index in [-0.39, 0.29) is 10.6 Å². The molecule has 2 aromatic rings. The average molecular weight is 412 g/mol. The Kier molecular flexibility index (Phi) is 5.99. The molecule has 0 saturated carbocycles. The van der Waals surface area contributed by atoms with Crippen LogP contribution in [0.3, 0.4) is 0 Å². The summed E-state index contributed by atoms with van der Waals surface area (Å²) in [5.41, 5.74) is 0.189. The molecule has 0 saturated heterocycles. The van der Waals surface area contributed by atoms with Gasteiger partial charge < -0.3 is 10.6 Å². The number of nitrogens with one attached hydrogen (secondary N) is 2. The Hall–Kier alpha value is -2.07. The Bertz CT molecular complexity index is 817. The van der Waals surface area contributed by atoms with Crippen molar-refractivity contribution in [3.8, 4) is 6.07 Å². The van der Waals surface area contributed by atoms with Crippen molar-refractivity contribution < 1.29 is 4.79 Å². The number of benzene rings is 1. The minimum absolute atomic E-state index is 0.136. The Balaban J connectivity index is 2.14. The Morgan fingerprint density at radius 2 is 2.13 bits per heavy atom. The molecule has 0 atom stereocenters. The Labute approximate surface area is 151 Å². The number of carbonyl (C=O) groups is 1. The van der Waals surface area contributed by atoms with Gasteiger partial charge in [0.25, 0.3) is 5.91 Å². The van der Waals surface area contributed by atoms with Gasteiger partial charge in [-0.3, -0.25) is 4.79 Å². The van der Waals surface area contributed by atoms with E-state index in [1.54, 1.807) is 36.5 Å². The molecule has 2 N–H and O–H groups in total. The molecule has 5 nitrogen and oxygen atoms in total. The average Bonchev–Trinajstić information content (AvgIpc) is 2.52. The topological polar surface area (TPSA) is 77.8 Å². The second-order valence-electron chi connectivity index (χ2n) is 4.23. The molecule has 1 aromatic heterocycles. The second-order valence-corrected chi connectivity index (χ2v) is 5.93. The third kappa shape index (κ3) is 4.70. The number of hydrogen-bond donors (Lipinski definition) is 2. The van der Waals surface area contributed by atoms with Crippen LogP contribution < -0.4 is 10.6 Å². The maximum atomic E-state index is 12.1. The number of anilines is 2. The van der Waals surface area contributed by atoms with Crippen LogP contribution in [0.15, 0.2) is 52.8 Å². The van der Waals surface area contributed by atoms with Crippen molar-refractivity contribution in [2.45, 2.75) is 0 Å². The number of carbonyl (C=O) groups excluding carboxylic acids is 1. The summed E-state index contributed by atoms with van der Waals surface area (Å²) in [6, 6.07) is 10.1. The number of halogens is 3. The summed E-state index contributed by atoms with van der Waals surface area (Å²) in [6.07, 6.45) is 2.85. The van der Waals surface area contributed by atoms with Gasteiger partial charge in [0.05, 0.1) is 15.7 Å². The first-order chi connectivity index (χ1) is 11.0. The van der Waals surface area contributed by atoms with Gasteiger partial charge in [0.15, 0.2) is 0 Å². The van der Waals surface area contributed by atoms with E-state index in [1.165, 1.54) is 6.20 Å². The molecule has 1 aromatic carbocycles. The minimum atomic E-state index is -0.612. The molecule has 2 rings (SSSR count). The van der Waals surface area contributed by atoms with Gasteiger partial charge in [0.1, 0.15) is 17.5 Å². The van der Waals surface area contributed by atoms with Gasteiger partial charge in [-0.05, 0) is 24.3 Å². The molecule has 0 spiro atoms. The maximum Gasteiger partial charge on any atom is 0.267 e. The number of hydrogen-bond acceptors (Lipinski definition) is 4. The zero-order valence-electron chi connectivity index (χ0n) is 11.5. The first-order valence-corrected chi connectivity index (χ1v) is 7.80. The van der Waals surface area contributed by atoms with Crippen molar-refractivity contribution in [2.75, 3.05) is 10.6 Å². The number of rotatable bonds is 4. The van der Waals surface area contributed by atoms with Crippen LogP contribution in [0, 0.1) is 11.3 Å². The maximum absolute atomic E-state index is 12.1. The number of aromatic nitrogens is 1. The number of nitriles is 1. The van der Waals surface area contributed by atoms with Gasteiger partial charge >= 0.3 is 0 Å². The SMILES string of the molecule is N#C/C(=C/Nc1cc(Br)ccn1)C(=O)Nc1cccc(Cl)c1Cl. The van der Waals surface area contributed by atoms with Crippen LogP contribution in [-0.4, -0.2) is 10.9 Å². The van der Waals surface area contributed by atoms with Crippen LogP contribution in [0.1, 0.15) is 0 Å². The van der Waals surface area contributed by atoms with E-state index in [4.69, 9.17) is 28.5 Å². The lowest BCUT2D eigenvalue weighted by atomic mass is 10.2. The third-order valence-electron chi connectivity index (χ3n) is 2.65. The van der Waals surface area contributed by atoms with E-state index in [1.807, 2.05) is 6.07 Å². The van der Waals surface area contributed by atoms with Crippen LogP contribution in [0.2, 0.25) is 10.0 Å². The van der Waals surface area contributed by atoms with E-state index in [9.17, 15) is 4.79 Å². The third-order valence-corrected chi connectivity index (χ3v) is 3.96. The van der Waals surface area contributed by atoms with Crippen molar-refractivity contribution >= 4 is 56.5 Å². The normalized spacial score (nSPS) is 10.8. The van der Waals surface area contributed by atoms with Crippen molar-refractivity contribution in [3.63, 3.8) is 0 Å². The van der Waals surface area contributed by atoms with Gasteiger partial charge in [-0.15, -0.1) is 0 Å². The standard InChI is InChI=1S/C15H9BrCl2N4O/c16-10-4-5-20-13(6-10)21-8-9(7-19)15(23)22-12-3-1-2-11(17)14(12)18/h1-6,8H,(H,20,21)(H,22,23)/b9-8-. The lowest BCUT2D eigenvalue weighted by Crippen LogP contribution is -2.15. The second kappa shape index (κ2) is 7.97. The van der Waals surface area contributed by atoms with Crippen LogP contribution in [0.25, 0.3) is 0 Å². The Morgan fingerprint density at radius 1 is 1.35 bits per heavy atom. The van der Waals surface area contributed by atoms with Crippen molar-refractivity contribution in [2.24, 2.45) is 0 Å². The first-order valence-electron chi connectivity index (χ1n) is 6.25. The predicted molar refractivity (Wildman–Crippen MR) is 94.3 cm³/mol. The molecule has 0 aliphatic carbocycles. The molecule has 0 radical (unpaired) electrons. The summed E-state index contributed by atoms with van der Waals surface area (Å²) in [6.45, 7) is 0. The van der Waals surface area contributed by atoms with E-state index < -0.39 is 5.91 Å². The number of nitrogens with zero attached hydrogens (tertiary/aromatic N) is 2. The van der Waals surface area contributed by atoms with Crippen LogP contribution in [-0.2, 0) is 4.79 Å². The first kappa shape index (κ1) is 17.3. The lowest BCUT2D eigenvalue weighted by molar-refractivity contribution is -0.112. The molecule has 1 heterocycles. The molecular weight excluding hydrogens is 403 g/mol.